The van der Waals surface area contributed by atoms with Crippen LogP contribution in [-0.2, 0) is 10.3 Å². The molecule has 5 rings (SSSR count). The highest BCUT2D eigenvalue weighted by Gasteiger charge is 2.42. The number of fused-ring (bicyclic) bond motifs is 1. The van der Waals surface area contributed by atoms with Gasteiger partial charge in [-0.15, -0.1) is 0 Å². The predicted molar refractivity (Wildman–Crippen MR) is 124 cm³/mol. The number of hydrazine groups is 1. The summed E-state index contributed by atoms with van der Waals surface area (Å²) in [6.07, 6.45) is 2.05. The molecule has 12 heteroatoms. The van der Waals surface area contributed by atoms with E-state index < -0.39 is 18.0 Å². The van der Waals surface area contributed by atoms with Crippen molar-refractivity contribution in [2.75, 3.05) is 12.1 Å². The number of rotatable bonds is 5. The minimum atomic E-state index is -1.24. The molecule has 3 aromatic rings. The van der Waals surface area contributed by atoms with Crippen LogP contribution in [0.15, 0.2) is 30.3 Å². The fourth-order valence-electron chi connectivity index (χ4n) is 3.81. The summed E-state index contributed by atoms with van der Waals surface area (Å²) in [4.78, 5) is 28.4. The van der Waals surface area contributed by atoms with Crippen molar-refractivity contribution in [2.24, 2.45) is 0 Å². The second-order valence-corrected chi connectivity index (χ2v) is 9.06. The number of imide groups is 1. The first-order valence-electron chi connectivity index (χ1n) is 10.3. The number of urea groups is 1. The van der Waals surface area contributed by atoms with Gasteiger partial charge in [0.1, 0.15) is 5.75 Å². The molecule has 1 saturated carbocycles. The van der Waals surface area contributed by atoms with Crippen LogP contribution in [0.5, 0.6) is 17.5 Å². The zero-order valence-corrected chi connectivity index (χ0v) is 19.6. The SMILES string of the molecule is COc1nc2ccc(Oc3c(Cl)cc(N4NC(C#N)C(=O)NC4=O)cc3Cl)cc2n1C1(C)CC1. The molecule has 1 aliphatic carbocycles. The number of aromatic nitrogens is 2. The lowest BCUT2D eigenvalue weighted by molar-refractivity contribution is -0.121. The van der Waals surface area contributed by atoms with Crippen LogP contribution in [0.3, 0.4) is 0 Å². The summed E-state index contributed by atoms with van der Waals surface area (Å²) < 4.78 is 13.6. The first-order chi connectivity index (χ1) is 16.2. The molecule has 0 spiro atoms. The molecule has 1 saturated heterocycles. The third-order valence-electron chi connectivity index (χ3n) is 5.84. The number of nitriles is 1. The average molecular weight is 501 g/mol. The van der Waals surface area contributed by atoms with Gasteiger partial charge in [-0.1, -0.05) is 23.2 Å². The minimum absolute atomic E-state index is 0.0552. The number of ether oxygens (including phenoxy) is 2. The van der Waals surface area contributed by atoms with Crippen molar-refractivity contribution < 1.29 is 19.1 Å². The third kappa shape index (κ3) is 3.68. The summed E-state index contributed by atoms with van der Waals surface area (Å²) in [5.74, 6) is -0.0688. The maximum absolute atomic E-state index is 12.2. The molecule has 2 N–H and O–H groups in total. The van der Waals surface area contributed by atoms with Crippen molar-refractivity contribution in [3.05, 3.63) is 40.4 Å². The molecule has 1 aromatic heterocycles. The number of methoxy groups -OCH3 is 1. The van der Waals surface area contributed by atoms with E-state index in [2.05, 4.69) is 27.2 Å². The Balaban J connectivity index is 1.47. The first-order valence-corrected chi connectivity index (χ1v) is 11.0. The third-order valence-corrected chi connectivity index (χ3v) is 6.40. The zero-order chi connectivity index (χ0) is 24.2. The van der Waals surface area contributed by atoms with Crippen LogP contribution in [0.4, 0.5) is 10.5 Å². The van der Waals surface area contributed by atoms with E-state index in [0.29, 0.717) is 11.8 Å². The van der Waals surface area contributed by atoms with E-state index in [-0.39, 0.29) is 27.0 Å². The standard InChI is InChI=1S/C22H18Cl2N6O4/c1-22(5-6-22)29-17-9-12(3-4-15(17)26-21(29)33-2)34-18-13(23)7-11(8-14(18)24)30-20(32)27-19(31)16(10-25)28-30/h3-4,7-9,16,28H,5-6H2,1-2H3,(H,27,31,32). The van der Waals surface area contributed by atoms with Crippen LogP contribution < -0.4 is 25.2 Å². The van der Waals surface area contributed by atoms with Gasteiger partial charge in [0.2, 0.25) is 0 Å². The van der Waals surface area contributed by atoms with E-state index in [0.717, 1.165) is 28.9 Å². The molecular weight excluding hydrogens is 483 g/mol. The Morgan fingerprint density at radius 3 is 2.53 bits per heavy atom. The van der Waals surface area contributed by atoms with Crippen LogP contribution in [0.2, 0.25) is 10.0 Å². The minimum Gasteiger partial charge on any atom is -0.468 e. The van der Waals surface area contributed by atoms with Gasteiger partial charge in [0.05, 0.1) is 39.9 Å². The largest absolute Gasteiger partial charge is 0.468 e. The molecule has 10 nitrogen and oxygen atoms in total. The fraction of sp³-hybridized carbons (Fsp3) is 0.273. The molecule has 0 bridgehead atoms. The van der Waals surface area contributed by atoms with E-state index >= 15 is 0 Å². The number of anilines is 1. The van der Waals surface area contributed by atoms with Crippen molar-refractivity contribution in [1.29, 1.82) is 5.26 Å². The maximum atomic E-state index is 12.2. The Hall–Kier alpha value is -3.52. The number of benzene rings is 2. The number of halogens is 2. The molecular formula is C22H18Cl2N6O4. The van der Waals surface area contributed by atoms with Gasteiger partial charge in [0, 0.05) is 11.6 Å². The summed E-state index contributed by atoms with van der Waals surface area (Å²) >= 11 is 12.9. The normalized spacial score (nSPS) is 19.0. The molecule has 174 valence electrons. The molecule has 2 fully saturated rings. The quantitative estimate of drug-likeness (QED) is 0.540. The predicted octanol–water partition coefficient (Wildman–Crippen LogP) is 4.11. The van der Waals surface area contributed by atoms with Crippen LogP contribution in [0.25, 0.3) is 11.0 Å². The molecule has 1 aliphatic heterocycles. The van der Waals surface area contributed by atoms with Gasteiger partial charge in [0.15, 0.2) is 11.8 Å². The molecule has 34 heavy (non-hydrogen) atoms. The Labute approximate surface area is 203 Å². The first kappa shape index (κ1) is 22.3. The van der Waals surface area contributed by atoms with Gasteiger partial charge < -0.3 is 9.47 Å². The topological polar surface area (TPSA) is 122 Å². The number of hydrogen-bond acceptors (Lipinski definition) is 7. The van der Waals surface area contributed by atoms with Gasteiger partial charge in [-0.2, -0.15) is 15.7 Å². The molecule has 2 aromatic carbocycles. The number of nitrogens with zero attached hydrogens (tertiary/aromatic N) is 4. The van der Waals surface area contributed by atoms with Crippen molar-refractivity contribution in [3.63, 3.8) is 0 Å². The monoisotopic (exact) mass is 500 g/mol. The van der Waals surface area contributed by atoms with E-state index in [4.69, 9.17) is 37.9 Å². The molecule has 0 radical (unpaired) electrons. The fourth-order valence-corrected chi connectivity index (χ4v) is 4.36. The van der Waals surface area contributed by atoms with E-state index in [1.54, 1.807) is 19.2 Å². The summed E-state index contributed by atoms with van der Waals surface area (Å²) in [5.41, 5.74) is 4.33. The van der Waals surface area contributed by atoms with Gasteiger partial charge in [-0.05, 0) is 44.0 Å². The van der Waals surface area contributed by atoms with Crippen LogP contribution in [-0.4, -0.2) is 34.6 Å². The Bertz CT molecular complexity index is 1370. The lowest BCUT2D eigenvalue weighted by Crippen LogP contribution is -2.64. The van der Waals surface area contributed by atoms with Crippen molar-refractivity contribution in [1.82, 2.24) is 20.3 Å². The molecule has 1 unspecified atom stereocenters. The summed E-state index contributed by atoms with van der Waals surface area (Å²) in [7, 11) is 1.59. The van der Waals surface area contributed by atoms with Crippen LogP contribution in [0.1, 0.15) is 19.8 Å². The van der Waals surface area contributed by atoms with Gasteiger partial charge in [-0.3, -0.25) is 14.7 Å². The lowest BCUT2D eigenvalue weighted by atomic mass is 10.2. The Kier molecular flexibility index (Phi) is 5.28. The van der Waals surface area contributed by atoms with E-state index in [9.17, 15) is 9.59 Å². The highest BCUT2D eigenvalue weighted by atomic mass is 35.5. The Morgan fingerprint density at radius 2 is 1.91 bits per heavy atom. The highest BCUT2D eigenvalue weighted by Crippen LogP contribution is 2.48. The molecule has 1 atom stereocenters. The second kappa shape index (κ2) is 8.06. The maximum Gasteiger partial charge on any atom is 0.343 e. The second-order valence-electron chi connectivity index (χ2n) is 8.24. The number of nitrogens with one attached hydrogen (secondary N) is 2. The summed E-state index contributed by atoms with van der Waals surface area (Å²) in [5, 5.41) is 12.4. The zero-order valence-electron chi connectivity index (χ0n) is 18.1. The average Bonchev–Trinajstić information content (AvgIpc) is 3.42. The van der Waals surface area contributed by atoms with E-state index in [1.165, 1.54) is 12.1 Å². The molecule has 3 amide bonds. The molecule has 2 aliphatic rings. The number of imidazole rings is 1. The highest BCUT2D eigenvalue weighted by molar-refractivity contribution is 6.37. The van der Waals surface area contributed by atoms with Crippen LogP contribution in [0, 0.1) is 11.3 Å². The van der Waals surface area contributed by atoms with Crippen molar-refractivity contribution in [2.45, 2.75) is 31.3 Å². The van der Waals surface area contributed by atoms with E-state index in [1.807, 2.05) is 12.1 Å². The smallest absolute Gasteiger partial charge is 0.343 e. The number of amides is 3. The molecule has 2 heterocycles. The van der Waals surface area contributed by atoms with Crippen molar-refractivity contribution in [3.8, 4) is 23.6 Å². The van der Waals surface area contributed by atoms with Gasteiger partial charge in [0.25, 0.3) is 11.9 Å². The summed E-state index contributed by atoms with van der Waals surface area (Å²) in [6, 6.07) is 8.59. The number of carbonyl (C=O) groups excluding carboxylic acids is 2. The number of hydrogen-bond donors (Lipinski definition) is 2. The Morgan fingerprint density at radius 1 is 1.21 bits per heavy atom. The van der Waals surface area contributed by atoms with Crippen LogP contribution >= 0.6 is 23.2 Å². The lowest BCUT2D eigenvalue weighted by Gasteiger charge is -2.30. The summed E-state index contributed by atoms with van der Waals surface area (Å²) in [6.45, 7) is 2.14. The van der Waals surface area contributed by atoms with Gasteiger partial charge in [-0.25, -0.2) is 9.80 Å². The van der Waals surface area contributed by atoms with Gasteiger partial charge >= 0.3 is 6.03 Å². The number of carbonyl (C=O) groups is 2. The van der Waals surface area contributed by atoms with Crippen molar-refractivity contribution >= 4 is 51.9 Å².